The zero-order valence-electron chi connectivity index (χ0n) is 9.65. The number of piperidine rings is 1. The molecule has 2 rings (SSSR count). The normalized spacial score (nSPS) is 41.8. The van der Waals surface area contributed by atoms with Crippen LogP contribution in [0.25, 0.3) is 0 Å². The van der Waals surface area contributed by atoms with Crippen LogP contribution in [-0.2, 0) is 4.79 Å². The lowest BCUT2D eigenvalue weighted by Gasteiger charge is -2.46. The molecule has 1 amide bonds. The third-order valence-corrected chi connectivity index (χ3v) is 15.6. The first-order chi connectivity index (χ1) is 7.63. The molecule has 0 aromatic carbocycles. The number of hydrogen-bond acceptors (Lipinski definition) is 1. The molecule has 1 aliphatic carbocycles. The number of rotatable bonds is 2. The Morgan fingerprint density at radius 2 is 2.19 bits per heavy atom. The van der Waals surface area contributed by atoms with Gasteiger partial charge in [0, 0.05) is 12.5 Å². The fourth-order valence-electron chi connectivity index (χ4n) is 3.13. The lowest BCUT2D eigenvalue weighted by Crippen LogP contribution is -2.53. The van der Waals surface area contributed by atoms with Gasteiger partial charge in [-0.05, 0) is 36.8 Å². The van der Waals surface area contributed by atoms with Crippen LogP contribution in [0.1, 0.15) is 32.6 Å². The van der Waals surface area contributed by atoms with E-state index in [1.807, 2.05) is 0 Å². The maximum atomic E-state index is 11.5. The van der Waals surface area contributed by atoms with E-state index in [1.54, 1.807) is 0 Å². The summed E-state index contributed by atoms with van der Waals surface area (Å²) in [7, 11) is 7.01. The molecule has 1 heterocycles. The number of carbonyl (C=O) groups is 1. The highest BCUT2D eigenvalue weighted by molar-refractivity contribution is 8.61. The van der Waals surface area contributed by atoms with Crippen LogP contribution in [0.4, 0.5) is 0 Å². The minimum absolute atomic E-state index is 0.0737. The number of hydrogen-bond donors (Lipinski definition) is 1. The number of amides is 1. The van der Waals surface area contributed by atoms with Gasteiger partial charge < -0.3 is 5.32 Å². The van der Waals surface area contributed by atoms with E-state index < -0.39 is 0 Å². The zero-order chi connectivity index (χ0) is 11.7. The van der Waals surface area contributed by atoms with Crippen LogP contribution in [0.2, 0.25) is 0 Å². The molecule has 2 fully saturated rings. The van der Waals surface area contributed by atoms with Gasteiger partial charge >= 0.3 is 0 Å². The molecule has 6 heteroatoms. The molecule has 2 nitrogen and oxygen atoms in total. The number of nitrogens with one attached hydrogen (secondary N) is 1. The average Bonchev–Trinajstić information content (AvgIpc) is 2.29. The van der Waals surface area contributed by atoms with Gasteiger partial charge in [0.2, 0.25) is 5.91 Å². The first-order valence-electron chi connectivity index (χ1n) is 5.93. The van der Waals surface area contributed by atoms with Gasteiger partial charge in [-0.1, -0.05) is 22.2 Å². The monoisotopic (exact) mass is 295 g/mol. The topological polar surface area (TPSA) is 29.1 Å². The largest absolute Gasteiger partial charge is 0.353 e. The first-order valence-corrected chi connectivity index (χ1v) is 12.6. The molecule has 0 aromatic rings. The summed E-state index contributed by atoms with van der Waals surface area (Å²) in [4.78, 5) is 11.5. The Hall–Kier alpha value is 1.19. The van der Waals surface area contributed by atoms with Crippen molar-refractivity contribution in [2.24, 2.45) is 11.8 Å². The molecule has 0 spiro atoms. The third-order valence-electron chi connectivity index (χ3n) is 4.09. The highest BCUT2D eigenvalue weighted by Gasteiger charge is 2.41. The molecule has 0 aromatic heterocycles. The Morgan fingerprint density at radius 1 is 1.44 bits per heavy atom. The van der Waals surface area contributed by atoms with Crippen molar-refractivity contribution in [2.75, 3.05) is 0 Å². The maximum absolute atomic E-state index is 11.5. The Bertz CT molecular complexity index is 276. The van der Waals surface area contributed by atoms with Gasteiger partial charge in [-0.3, -0.25) is 4.79 Å². The average molecular weight is 295 g/mol. The van der Waals surface area contributed by atoms with Gasteiger partial charge in [0.1, 0.15) is 0 Å². The van der Waals surface area contributed by atoms with Crippen LogP contribution in [0.3, 0.4) is 0 Å². The van der Waals surface area contributed by atoms with Gasteiger partial charge in [-0.25, -0.2) is 0 Å². The molecular formula is C10H21NOP4. The Morgan fingerprint density at radius 3 is 2.88 bits per heavy atom. The van der Waals surface area contributed by atoms with Crippen molar-refractivity contribution in [1.29, 1.82) is 0 Å². The Balaban J connectivity index is 2.06. The van der Waals surface area contributed by atoms with Crippen molar-refractivity contribution in [1.82, 2.24) is 5.32 Å². The lowest BCUT2D eigenvalue weighted by molar-refractivity contribution is -0.125. The molecule has 1 aliphatic heterocycles. The maximum Gasteiger partial charge on any atom is 0.220 e. The van der Waals surface area contributed by atoms with E-state index in [9.17, 15) is 4.79 Å². The summed E-state index contributed by atoms with van der Waals surface area (Å²) in [6.45, 7) is 2.34. The molecule has 1 saturated heterocycles. The highest BCUT2D eigenvalue weighted by atomic mass is 32.6. The third kappa shape index (κ3) is 2.78. The van der Waals surface area contributed by atoms with Gasteiger partial charge in [0.05, 0.1) is 0 Å². The minimum Gasteiger partial charge on any atom is -0.353 e. The smallest absolute Gasteiger partial charge is 0.220 e. The van der Waals surface area contributed by atoms with Crippen molar-refractivity contribution in [3.05, 3.63) is 0 Å². The summed E-state index contributed by atoms with van der Waals surface area (Å²) in [5, 5.41) is 3.24. The second-order valence-corrected chi connectivity index (χ2v) is 14.5. The second-order valence-electron chi connectivity index (χ2n) is 4.93. The molecule has 2 aliphatic rings. The molecule has 1 saturated carbocycles. The quantitative estimate of drug-likeness (QED) is 0.778. The van der Waals surface area contributed by atoms with Crippen molar-refractivity contribution >= 4 is 39.0 Å². The van der Waals surface area contributed by atoms with Gasteiger partial charge in [-0.2, -0.15) is 0 Å². The van der Waals surface area contributed by atoms with Crippen LogP contribution in [0.5, 0.6) is 0 Å². The van der Waals surface area contributed by atoms with E-state index >= 15 is 0 Å². The summed E-state index contributed by atoms with van der Waals surface area (Å²) in [5.41, 5.74) is 0.829. The van der Waals surface area contributed by atoms with Crippen LogP contribution in [0.15, 0.2) is 0 Å². The van der Waals surface area contributed by atoms with Crippen molar-refractivity contribution in [3.8, 4) is 0 Å². The predicted octanol–water partition coefficient (Wildman–Crippen LogP) is 3.34. The SMILES string of the molecule is C[C@@H]1C2NC(=O)CCC2CC[C@@H]1P(P)PP. The number of carbonyl (C=O) groups excluding carboxylic acids is 1. The van der Waals surface area contributed by atoms with E-state index in [4.69, 9.17) is 0 Å². The molecular weight excluding hydrogens is 274 g/mol. The second kappa shape index (κ2) is 5.89. The fourth-order valence-corrected chi connectivity index (χ4v) is 9.09. The van der Waals surface area contributed by atoms with E-state index in [-0.39, 0.29) is 13.2 Å². The molecule has 1 N–H and O–H groups in total. The Kier molecular flexibility index (Phi) is 5.01. The summed E-state index contributed by atoms with van der Waals surface area (Å²) >= 11 is 0. The van der Waals surface area contributed by atoms with Crippen LogP contribution in [-0.4, -0.2) is 17.6 Å². The van der Waals surface area contributed by atoms with E-state index in [2.05, 4.69) is 30.1 Å². The summed E-state index contributed by atoms with van der Waals surface area (Å²) in [5.74, 6) is 1.69. The summed E-state index contributed by atoms with van der Waals surface area (Å²) in [6, 6.07) is 0.465. The molecule has 0 bridgehead atoms. The summed E-state index contributed by atoms with van der Waals surface area (Å²) in [6.07, 6.45) is 4.56. The van der Waals surface area contributed by atoms with Crippen LogP contribution in [0, 0.1) is 11.8 Å². The van der Waals surface area contributed by atoms with Crippen LogP contribution < -0.4 is 5.32 Å². The first kappa shape index (κ1) is 13.6. The molecule has 6 unspecified atom stereocenters. The van der Waals surface area contributed by atoms with E-state index in [1.165, 1.54) is 12.8 Å². The van der Waals surface area contributed by atoms with Crippen molar-refractivity contribution < 1.29 is 4.79 Å². The van der Waals surface area contributed by atoms with Gasteiger partial charge in [-0.15, -0.1) is 17.9 Å². The van der Waals surface area contributed by atoms with Crippen molar-refractivity contribution in [3.63, 3.8) is 0 Å². The van der Waals surface area contributed by atoms with E-state index in [0.29, 0.717) is 12.0 Å². The van der Waals surface area contributed by atoms with Crippen LogP contribution >= 0.6 is 33.1 Å². The van der Waals surface area contributed by atoms with Gasteiger partial charge in [0.25, 0.3) is 0 Å². The highest BCUT2D eigenvalue weighted by Crippen LogP contribution is 2.72. The summed E-state index contributed by atoms with van der Waals surface area (Å²) < 4.78 is 0. The minimum atomic E-state index is 0.0737. The van der Waals surface area contributed by atoms with Gasteiger partial charge in [0.15, 0.2) is 0 Å². The molecule has 92 valence electrons. The Labute approximate surface area is 105 Å². The lowest BCUT2D eigenvalue weighted by atomic mass is 9.73. The van der Waals surface area contributed by atoms with Crippen molar-refractivity contribution in [2.45, 2.75) is 44.3 Å². The van der Waals surface area contributed by atoms with E-state index in [0.717, 1.165) is 32.4 Å². The molecule has 8 atom stereocenters. The predicted molar refractivity (Wildman–Crippen MR) is 81.5 cm³/mol. The zero-order valence-corrected chi connectivity index (χ0v) is 13.9. The fraction of sp³-hybridized carbons (Fsp3) is 0.900. The number of fused-ring (bicyclic) bond motifs is 1. The standard InChI is InChI=1S/C10H21NOP4/c1-6-8(16(14)15-13)4-2-7-3-5-9(12)11-10(6)7/h6-8,10,15H,2-5,13-14H2,1H3,(H,11,12)/t6-,7?,8-,10?,16?/m0/s1. The molecule has 0 radical (unpaired) electrons. The molecule has 16 heavy (non-hydrogen) atoms.